The first kappa shape index (κ1) is 31.4. The number of likely N-dealkylation sites (N-methyl/N-ethyl adjacent to an activating group) is 1. The molecule has 7 fully saturated rings. The average molecular weight is 641 g/mol. The van der Waals surface area contributed by atoms with E-state index in [1.807, 2.05) is 6.20 Å². The molecule has 0 spiro atoms. The molecule has 1 amide bonds. The van der Waals surface area contributed by atoms with Crippen LogP contribution in [-0.2, 0) is 19.1 Å². The Bertz CT molecular complexity index is 1240. The molecule has 46 heavy (non-hydrogen) atoms. The Labute approximate surface area is 272 Å². The van der Waals surface area contributed by atoms with Gasteiger partial charge < -0.3 is 30.5 Å². The number of rotatable bonds is 6. The maximum Gasteiger partial charge on any atom is 0.256 e. The highest BCUT2D eigenvalue weighted by Gasteiger charge is 2.63. The second kappa shape index (κ2) is 12.5. The number of likely N-dealkylation sites (tertiary alicyclic amines) is 1. The SMILES string of the molecule is CN1CCN(CCCNC(=O)C2=CN3C4CC5C(CC4OC4C(N6CC[C@H](N)C6)C(F)CC(C2=O)C43)C(=O)C2CCCCC25)CC1. The van der Waals surface area contributed by atoms with Crippen molar-refractivity contribution in [2.45, 2.75) is 100 Å². The van der Waals surface area contributed by atoms with Crippen LogP contribution in [0.1, 0.15) is 57.8 Å². The zero-order valence-corrected chi connectivity index (χ0v) is 27.4. The van der Waals surface area contributed by atoms with Gasteiger partial charge in [-0.15, -0.1) is 0 Å². The van der Waals surface area contributed by atoms with E-state index >= 15 is 4.39 Å². The topological polar surface area (TPSA) is 111 Å². The van der Waals surface area contributed by atoms with Crippen LogP contribution in [-0.4, -0.2) is 139 Å². The molecule has 4 aliphatic heterocycles. The van der Waals surface area contributed by atoms with Crippen LogP contribution in [0, 0.1) is 29.6 Å². The van der Waals surface area contributed by atoms with Crippen molar-refractivity contribution in [3.63, 3.8) is 0 Å². The van der Waals surface area contributed by atoms with Gasteiger partial charge in [-0.3, -0.25) is 19.3 Å². The minimum absolute atomic E-state index is 0.00333. The number of Topliss-reactive ketones (excluding diaryl/α,β-unsaturated/α-hetero) is 2. The number of nitrogens with zero attached hydrogens (tertiary/aromatic N) is 4. The van der Waals surface area contributed by atoms with Gasteiger partial charge >= 0.3 is 0 Å². The maximum atomic E-state index is 16.3. The monoisotopic (exact) mass is 640 g/mol. The lowest BCUT2D eigenvalue weighted by Gasteiger charge is -2.61. The Balaban J connectivity index is 1.05. The number of ketones is 2. The van der Waals surface area contributed by atoms with Gasteiger partial charge in [-0.1, -0.05) is 12.8 Å². The summed E-state index contributed by atoms with van der Waals surface area (Å²) < 4.78 is 23.3. The largest absolute Gasteiger partial charge is 0.369 e. The first-order valence-corrected chi connectivity index (χ1v) is 18.3. The second-order valence-corrected chi connectivity index (χ2v) is 15.9. The van der Waals surface area contributed by atoms with Crippen LogP contribution < -0.4 is 11.1 Å². The number of fused-ring (bicyclic) bond motifs is 5. The highest BCUT2D eigenvalue weighted by molar-refractivity contribution is 6.20. The number of piperazine rings is 1. The molecule has 3 saturated heterocycles. The van der Waals surface area contributed by atoms with E-state index in [0.717, 1.165) is 77.8 Å². The summed E-state index contributed by atoms with van der Waals surface area (Å²) in [6.07, 6.45) is 7.48. The van der Waals surface area contributed by atoms with Crippen LogP contribution in [0.4, 0.5) is 4.39 Å². The average Bonchev–Trinajstić information content (AvgIpc) is 3.60. The molecule has 254 valence electrons. The molecule has 0 aromatic rings. The molecular formula is C35H53FN6O4. The molecule has 11 unspecified atom stereocenters. The first-order valence-electron chi connectivity index (χ1n) is 18.3. The first-order chi connectivity index (χ1) is 22.3. The quantitative estimate of drug-likeness (QED) is 0.327. The van der Waals surface area contributed by atoms with E-state index in [1.54, 1.807) is 0 Å². The molecular weight excluding hydrogens is 587 g/mol. The molecule has 0 bridgehead atoms. The van der Waals surface area contributed by atoms with E-state index in [-0.39, 0.29) is 59.7 Å². The smallest absolute Gasteiger partial charge is 0.256 e. The lowest BCUT2D eigenvalue weighted by molar-refractivity contribution is -0.217. The van der Waals surface area contributed by atoms with E-state index in [4.69, 9.17) is 10.5 Å². The van der Waals surface area contributed by atoms with Gasteiger partial charge in [-0.05, 0) is 70.4 Å². The predicted molar refractivity (Wildman–Crippen MR) is 170 cm³/mol. The van der Waals surface area contributed by atoms with Crippen molar-refractivity contribution in [3.05, 3.63) is 11.8 Å². The highest BCUT2D eigenvalue weighted by atomic mass is 19.1. The number of amides is 1. The van der Waals surface area contributed by atoms with E-state index < -0.39 is 24.2 Å². The van der Waals surface area contributed by atoms with Crippen molar-refractivity contribution in [2.24, 2.45) is 35.3 Å². The van der Waals surface area contributed by atoms with Gasteiger partial charge in [0.25, 0.3) is 5.91 Å². The number of morpholine rings is 1. The van der Waals surface area contributed by atoms with Gasteiger partial charge in [-0.25, -0.2) is 4.39 Å². The van der Waals surface area contributed by atoms with Gasteiger partial charge in [0.15, 0.2) is 5.78 Å². The summed E-state index contributed by atoms with van der Waals surface area (Å²) in [7, 11) is 2.14. The fourth-order valence-electron chi connectivity index (χ4n) is 11.1. The number of ether oxygens (including phenoxy) is 1. The van der Waals surface area contributed by atoms with Crippen molar-refractivity contribution < 1.29 is 23.5 Å². The Hall–Kier alpha value is -1.92. The Morgan fingerprint density at radius 3 is 2.57 bits per heavy atom. The van der Waals surface area contributed by atoms with Crippen molar-refractivity contribution >= 4 is 17.5 Å². The molecule has 10 nitrogen and oxygen atoms in total. The van der Waals surface area contributed by atoms with E-state index in [2.05, 4.69) is 32.0 Å². The van der Waals surface area contributed by atoms with Crippen molar-refractivity contribution in [1.29, 1.82) is 0 Å². The molecule has 0 aromatic heterocycles. The Kier molecular flexibility index (Phi) is 8.53. The molecule has 0 aromatic carbocycles. The summed E-state index contributed by atoms with van der Waals surface area (Å²) in [5, 5.41) is 3.04. The van der Waals surface area contributed by atoms with Gasteiger partial charge in [0.05, 0.1) is 35.9 Å². The minimum atomic E-state index is -1.25. The number of carbonyl (C=O) groups excluding carboxylic acids is 3. The van der Waals surface area contributed by atoms with Crippen LogP contribution in [0.15, 0.2) is 11.8 Å². The van der Waals surface area contributed by atoms with Gasteiger partial charge in [0, 0.05) is 75.8 Å². The molecule has 0 radical (unpaired) electrons. The van der Waals surface area contributed by atoms with E-state index in [1.165, 1.54) is 6.42 Å². The van der Waals surface area contributed by atoms with Crippen LogP contribution in [0.5, 0.6) is 0 Å². The molecule has 4 heterocycles. The molecule has 11 heteroatoms. The third-order valence-electron chi connectivity index (χ3n) is 13.4. The van der Waals surface area contributed by atoms with Crippen LogP contribution >= 0.6 is 0 Å². The van der Waals surface area contributed by atoms with Crippen LogP contribution in [0.3, 0.4) is 0 Å². The zero-order chi connectivity index (χ0) is 31.7. The van der Waals surface area contributed by atoms with Gasteiger partial charge in [0.2, 0.25) is 0 Å². The second-order valence-electron chi connectivity index (χ2n) is 15.9. The summed E-state index contributed by atoms with van der Waals surface area (Å²) in [5.74, 6) is 0.117. The maximum absolute atomic E-state index is 16.3. The third kappa shape index (κ3) is 5.36. The zero-order valence-electron chi connectivity index (χ0n) is 27.4. The molecule has 8 rings (SSSR count). The number of hydrogen-bond acceptors (Lipinski definition) is 9. The van der Waals surface area contributed by atoms with Crippen molar-refractivity contribution in [1.82, 2.24) is 24.9 Å². The minimum Gasteiger partial charge on any atom is -0.369 e. The normalized spacial score (nSPS) is 44.7. The van der Waals surface area contributed by atoms with E-state index in [9.17, 15) is 14.4 Å². The molecule has 12 atom stereocenters. The van der Waals surface area contributed by atoms with Gasteiger partial charge in [-0.2, -0.15) is 0 Å². The molecule has 3 N–H and O–H groups in total. The van der Waals surface area contributed by atoms with Crippen LogP contribution in [0.25, 0.3) is 0 Å². The summed E-state index contributed by atoms with van der Waals surface area (Å²) in [5.41, 5.74) is 6.44. The summed E-state index contributed by atoms with van der Waals surface area (Å²) in [6.45, 7) is 6.91. The number of alkyl halides is 1. The number of halogens is 1. The third-order valence-corrected chi connectivity index (χ3v) is 13.4. The molecule has 8 aliphatic rings. The Morgan fingerprint density at radius 2 is 1.78 bits per heavy atom. The summed E-state index contributed by atoms with van der Waals surface area (Å²) in [4.78, 5) is 50.6. The van der Waals surface area contributed by atoms with Gasteiger partial charge in [0.1, 0.15) is 12.0 Å². The summed E-state index contributed by atoms with van der Waals surface area (Å²) in [6, 6.07) is -0.813. The molecule has 4 saturated carbocycles. The predicted octanol–water partition coefficient (Wildman–Crippen LogP) is 1.19. The fraction of sp³-hybridized carbons (Fsp3) is 0.857. The number of nitrogens with two attached hydrogens (primary N) is 1. The standard InChI is InChI=1S/C35H53FN6O4/c1-39-11-13-40(14-12-39)9-4-8-38-35(45)26-19-42-28-16-23-21-5-2-3-6-22(21)32(43)24(23)17-29(28)46-34-30(42)25(33(26)44)15-27(36)31(34)41-10-7-20(37)18-41/h19-25,27-31,34H,2-18,37H2,1H3,(H,38,45)/t20-,21?,22?,23?,24?,25?,27?,28?,29?,30?,31?,34?/m0/s1. The number of hydrogen-bond donors (Lipinski definition) is 2. The van der Waals surface area contributed by atoms with Crippen LogP contribution in [0.2, 0.25) is 0 Å². The number of nitrogens with one attached hydrogen (secondary N) is 1. The number of carbonyl (C=O) groups is 3. The van der Waals surface area contributed by atoms with Crippen molar-refractivity contribution in [2.75, 3.05) is 59.4 Å². The van der Waals surface area contributed by atoms with E-state index in [0.29, 0.717) is 37.1 Å². The Morgan fingerprint density at radius 1 is 0.978 bits per heavy atom. The van der Waals surface area contributed by atoms with Crippen molar-refractivity contribution in [3.8, 4) is 0 Å². The fourth-order valence-corrected chi connectivity index (χ4v) is 11.1. The molecule has 4 aliphatic carbocycles. The lowest BCUT2D eigenvalue weighted by atomic mass is 9.66. The summed E-state index contributed by atoms with van der Waals surface area (Å²) >= 11 is 0. The highest BCUT2D eigenvalue weighted by Crippen LogP contribution is 2.56. The lowest BCUT2D eigenvalue weighted by Crippen LogP contribution is -2.73.